The molecule has 25 heavy (non-hydrogen) atoms. The van der Waals surface area contributed by atoms with Gasteiger partial charge in [-0.05, 0) is 50.8 Å². The molecule has 3 N–H and O–H groups in total. The highest BCUT2D eigenvalue weighted by Gasteiger charge is 2.28. The third-order valence-electron chi connectivity index (χ3n) is 4.08. The van der Waals surface area contributed by atoms with E-state index in [1.165, 1.54) is 12.1 Å². The summed E-state index contributed by atoms with van der Waals surface area (Å²) < 4.78 is 26.8. The number of carbonyl (C=O) groups excluding carboxylic acids is 1. The number of aryl methyl sites for hydroxylation is 1. The van der Waals surface area contributed by atoms with Crippen molar-refractivity contribution < 1.29 is 23.1 Å². The average Bonchev–Trinajstić information content (AvgIpc) is 3.34. The Hall–Kier alpha value is -1.93. The molecule has 1 aliphatic carbocycles. The van der Waals surface area contributed by atoms with Crippen LogP contribution >= 0.6 is 0 Å². The molecule has 0 radical (unpaired) electrons. The molecule has 0 unspecified atom stereocenters. The van der Waals surface area contributed by atoms with Crippen molar-refractivity contribution in [1.29, 1.82) is 0 Å². The summed E-state index contributed by atoms with van der Waals surface area (Å²) in [7, 11) is -3.46. The van der Waals surface area contributed by atoms with Gasteiger partial charge in [-0.25, -0.2) is 13.1 Å². The molecule has 1 aliphatic rings. The maximum atomic E-state index is 12.1. The molecule has 0 aliphatic heterocycles. The number of hydrogen-bond donors (Lipinski definition) is 3. The molecule has 1 saturated carbocycles. The number of amides is 1. The van der Waals surface area contributed by atoms with E-state index < -0.39 is 21.4 Å². The number of carboxylic acids is 1. The van der Waals surface area contributed by atoms with E-state index in [1.807, 2.05) is 0 Å². The van der Waals surface area contributed by atoms with Crippen LogP contribution in [0.25, 0.3) is 0 Å². The maximum Gasteiger partial charge on any atom is 0.310 e. The Morgan fingerprint density at radius 3 is 2.32 bits per heavy atom. The van der Waals surface area contributed by atoms with Crippen LogP contribution in [0.3, 0.4) is 0 Å². The Labute approximate surface area is 147 Å². The van der Waals surface area contributed by atoms with Crippen molar-refractivity contribution in [3.05, 3.63) is 29.8 Å². The minimum Gasteiger partial charge on any atom is -0.481 e. The Bertz CT molecular complexity index is 737. The van der Waals surface area contributed by atoms with E-state index in [0.717, 1.165) is 18.4 Å². The summed E-state index contributed by atoms with van der Waals surface area (Å²) in [5.41, 5.74) is -0.168. The minimum absolute atomic E-state index is 0.0587. The first kappa shape index (κ1) is 19.4. The molecule has 1 fully saturated rings. The largest absolute Gasteiger partial charge is 0.481 e. The van der Waals surface area contributed by atoms with Gasteiger partial charge in [-0.2, -0.15) is 0 Å². The van der Waals surface area contributed by atoms with Crippen molar-refractivity contribution in [2.24, 2.45) is 5.41 Å². The lowest BCUT2D eigenvalue weighted by atomic mass is 9.94. The molecule has 0 saturated heterocycles. The van der Waals surface area contributed by atoms with E-state index >= 15 is 0 Å². The predicted octanol–water partition coefficient (Wildman–Crippen LogP) is 1.29. The van der Waals surface area contributed by atoms with E-state index in [4.69, 9.17) is 5.11 Å². The number of aliphatic carboxylic acids is 1. The first-order valence-corrected chi connectivity index (χ1v) is 9.70. The van der Waals surface area contributed by atoms with E-state index in [2.05, 4.69) is 10.0 Å². The quantitative estimate of drug-likeness (QED) is 0.608. The summed E-state index contributed by atoms with van der Waals surface area (Å²) >= 11 is 0. The molecular formula is C17H24N2O5S. The Morgan fingerprint density at radius 2 is 1.80 bits per heavy atom. The topological polar surface area (TPSA) is 113 Å². The summed E-state index contributed by atoms with van der Waals surface area (Å²) in [4.78, 5) is 23.0. The molecule has 1 amide bonds. The van der Waals surface area contributed by atoms with Crippen molar-refractivity contribution in [3.63, 3.8) is 0 Å². The number of sulfonamides is 1. The molecule has 0 heterocycles. The lowest BCUT2D eigenvalue weighted by Gasteiger charge is -2.19. The fraction of sp³-hybridized carbons (Fsp3) is 0.529. The Balaban J connectivity index is 1.83. The standard InChI is InChI=1S/C17H24N2O5S/c1-17(2,16(21)22)11-18-15(20)10-5-12-3-8-14(9-4-12)25(23,24)19-13-6-7-13/h3-4,8-9,13,19H,5-7,10-11H2,1-2H3,(H,18,20)(H,21,22). The fourth-order valence-electron chi connectivity index (χ4n) is 2.07. The van der Waals surface area contributed by atoms with Gasteiger partial charge in [0.25, 0.3) is 0 Å². The van der Waals surface area contributed by atoms with Crippen LogP contribution in [-0.4, -0.2) is 38.0 Å². The molecule has 0 atom stereocenters. The highest BCUT2D eigenvalue weighted by molar-refractivity contribution is 7.89. The summed E-state index contributed by atoms with van der Waals surface area (Å²) in [6.07, 6.45) is 2.42. The fourth-order valence-corrected chi connectivity index (χ4v) is 3.37. The summed E-state index contributed by atoms with van der Waals surface area (Å²) in [6.45, 7) is 3.15. The van der Waals surface area contributed by atoms with Crippen LogP contribution < -0.4 is 10.0 Å². The number of hydrogen-bond acceptors (Lipinski definition) is 4. The number of nitrogens with one attached hydrogen (secondary N) is 2. The molecule has 1 aromatic carbocycles. The van der Waals surface area contributed by atoms with Gasteiger partial charge in [0.1, 0.15) is 0 Å². The second kappa shape index (κ2) is 7.53. The number of carbonyl (C=O) groups is 2. The smallest absolute Gasteiger partial charge is 0.310 e. The normalized spacial score (nSPS) is 15.0. The van der Waals surface area contributed by atoms with Crippen molar-refractivity contribution >= 4 is 21.9 Å². The predicted molar refractivity (Wildman–Crippen MR) is 92.5 cm³/mol. The van der Waals surface area contributed by atoms with Crippen molar-refractivity contribution in [1.82, 2.24) is 10.0 Å². The van der Waals surface area contributed by atoms with Crippen LogP contribution in [-0.2, 0) is 26.0 Å². The molecular weight excluding hydrogens is 344 g/mol. The van der Waals surface area contributed by atoms with Gasteiger partial charge in [-0.1, -0.05) is 12.1 Å². The van der Waals surface area contributed by atoms with Crippen LogP contribution in [0.4, 0.5) is 0 Å². The lowest BCUT2D eigenvalue weighted by molar-refractivity contribution is -0.146. The molecule has 8 heteroatoms. The van der Waals surface area contributed by atoms with Gasteiger partial charge in [0, 0.05) is 19.0 Å². The average molecular weight is 368 g/mol. The van der Waals surface area contributed by atoms with Crippen LogP contribution in [0.15, 0.2) is 29.2 Å². The molecule has 1 aromatic rings. The van der Waals surface area contributed by atoms with Gasteiger partial charge >= 0.3 is 5.97 Å². The lowest BCUT2D eigenvalue weighted by Crippen LogP contribution is -2.38. The van der Waals surface area contributed by atoms with Gasteiger partial charge in [0.05, 0.1) is 10.3 Å². The Kier molecular flexibility index (Phi) is 5.84. The van der Waals surface area contributed by atoms with Gasteiger partial charge in [-0.15, -0.1) is 0 Å². The molecule has 0 spiro atoms. The van der Waals surface area contributed by atoms with E-state index in [0.29, 0.717) is 6.42 Å². The van der Waals surface area contributed by atoms with Crippen LogP contribution in [0, 0.1) is 5.41 Å². The van der Waals surface area contributed by atoms with Gasteiger partial charge in [0.15, 0.2) is 0 Å². The molecule has 7 nitrogen and oxygen atoms in total. The molecule has 0 aromatic heterocycles. The highest BCUT2D eigenvalue weighted by atomic mass is 32.2. The van der Waals surface area contributed by atoms with Crippen LogP contribution in [0.1, 0.15) is 38.7 Å². The monoisotopic (exact) mass is 368 g/mol. The van der Waals surface area contributed by atoms with Crippen LogP contribution in [0.5, 0.6) is 0 Å². The summed E-state index contributed by atoms with van der Waals surface area (Å²) in [5, 5.41) is 11.6. The van der Waals surface area contributed by atoms with Gasteiger partial charge in [0.2, 0.25) is 15.9 Å². The van der Waals surface area contributed by atoms with E-state index in [9.17, 15) is 18.0 Å². The van der Waals surface area contributed by atoms with E-state index in [1.54, 1.807) is 26.0 Å². The van der Waals surface area contributed by atoms with Crippen molar-refractivity contribution in [3.8, 4) is 0 Å². The zero-order valence-electron chi connectivity index (χ0n) is 14.4. The van der Waals surface area contributed by atoms with Crippen molar-refractivity contribution in [2.75, 3.05) is 6.54 Å². The molecule has 0 bridgehead atoms. The van der Waals surface area contributed by atoms with Crippen LogP contribution in [0.2, 0.25) is 0 Å². The van der Waals surface area contributed by atoms with Gasteiger partial charge in [-0.3, -0.25) is 9.59 Å². The molecule has 2 rings (SSSR count). The number of rotatable bonds is 9. The highest BCUT2D eigenvalue weighted by Crippen LogP contribution is 2.22. The third-order valence-corrected chi connectivity index (χ3v) is 5.62. The first-order chi connectivity index (χ1) is 11.6. The summed E-state index contributed by atoms with van der Waals surface area (Å²) in [6, 6.07) is 6.51. The van der Waals surface area contributed by atoms with Gasteiger partial charge < -0.3 is 10.4 Å². The summed E-state index contributed by atoms with van der Waals surface area (Å²) in [5.74, 6) is -1.20. The van der Waals surface area contributed by atoms with Crippen molar-refractivity contribution in [2.45, 2.75) is 50.5 Å². The zero-order valence-corrected chi connectivity index (χ0v) is 15.2. The number of carboxylic acid groups (broad SMARTS) is 1. The van der Waals surface area contributed by atoms with E-state index in [-0.39, 0.29) is 29.8 Å². The zero-order chi connectivity index (χ0) is 18.7. The second-order valence-corrected chi connectivity index (χ2v) is 8.72. The SMILES string of the molecule is CC(C)(CNC(=O)CCc1ccc(S(=O)(=O)NC2CC2)cc1)C(=O)O. The Morgan fingerprint density at radius 1 is 1.20 bits per heavy atom. The second-order valence-electron chi connectivity index (χ2n) is 7.01. The first-order valence-electron chi connectivity index (χ1n) is 8.21. The molecule has 138 valence electrons. The minimum atomic E-state index is -3.46. The maximum absolute atomic E-state index is 12.1. The third kappa shape index (κ3) is 5.82. The number of benzene rings is 1.